The number of ether oxygens (including phenoxy) is 3. The number of ketones is 1. The number of para-hydroxylation sites is 1. The van der Waals surface area contributed by atoms with Crippen LogP contribution in [0.3, 0.4) is 0 Å². The van der Waals surface area contributed by atoms with Crippen molar-refractivity contribution in [1.82, 2.24) is 0 Å². The number of rotatable bonds is 5. The molecule has 0 bridgehead atoms. The lowest BCUT2D eigenvalue weighted by molar-refractivity contribution is 0.101. The third-order valence-corrected chi connectivity index (χ3v) is 3.85. The van der Waals surface area contributed by atoms with Gasteiger partial charge in [-0.2, -0.15) is 0 Å². The van der Waals surface area contributed by atoms with Crippen LogP contribution in [0.1, 0.15) is 28.4 Å². The van der Waals surface area contributed by atoms with Crippen LogP contribution < -0.4 is 14.2 Å². The highest BCUT2D eigenvalue weighted by Crippen LogP contribution is 2.38. The van der Waals surface area contributed by atoms with Crippen LogP contribution in [0.2, 0.25) is 0 Å². The van der Waals surface area contributed by atoms with Gasteiger partial charge in [0.1, 0.15) is 23.9 Å². The number of carbonyl (C=O) groups excluding carboxylic acids is 1. The summed E-state index contributed by atoms with van der Waals surface area (Å²) in [5.74, 6) is 2.00. The Labute approximate surface area is 147 Å². The van der Waals surface area contributed by atoms with Crippen LogP contribution in [0.25, 0.3) is 6.08 Å². The van der Waals surface area contributed by atoms with Crippen molar-refractivity contribution >= 4 is 11.9 Å². The fraction of sp³-hybridized carbons (Fsp3) is 0.190. The molecule has 0 spiro atoms. The molecule has 1 aliphatic heterocycles. The summed E-state index contributed by atoms with van der Waals surface area (Å²) in [5, 5.41) is 0. The molecule has 0 aromatic heterocycles. The van der Waals surface area contributed by atoms with Gasteiger partial charge in [-0.05, 0) is 43.2 Å². The van der Waals surface area contributed by atoms with Crippen LogP contribution in [0.5, 0.6) is 17.2 Å². The molecule has 2 aromatic rings. The lowest BCUT2D eigenvalue weighted by atomic mass is 10.0. The first-order valence-corrected chi connectivity index (χ1v) is 7.98. The van der Waals surface area contributed by atoms with Crippen LogP contribution >= 0.6 is 0 Å². The quantitative estimate of drug-likeness (QED) is 0.592. The minimum absolute atomic E-state index is 0.134. The highest BCUT2D eigenvalue weighted by molar-refractivity contribution is 6.15. The van der Waals surface area contributed by atoms with Gasteiger partial charge in [-0.3, -0.25) is 4.79 Å². The van der Waals surface area contributed by atoms with E-state index in [-0.39, 0.29) is 11.5 Å². The first kappa shape index (κ1) is 16.8. The van der Waals surface area contributed by atoms with Crippen LogP contribution in [0, 0.1) is 6.92 Å². The molecule has 1 aliphatic rings. The Morgan fingerprint density at radius 3 is 2.76 bits per heavy atom. The molecular weight excluding hydrogens is 316 g/mol. The second kappa shape index (κ2) is 6.85. The first-order valence-electron chi connectivity index (χ1n) is 7.98. The summed E-state index contributed by atoms with van der Waals surface area (Å²) < 4.78 is 16.8. The maximum atomic E-state index is 12.7. The summed E-state index contributed by atoms with van der Waals surface area (Å²) in [7, 11) is 1.60. The van der Waals surface area contributed by atoms with Crippen molar-refractivity contribution < 1.29 is 19.0 Å². The molecule has 128 valence electrons. The lowest BCUT2D eigenvalue weighted by Gasteiger charge is -2.08. The standard InChI is InChI=1S/C21H20O4/c1-13(2)12-24-16-9-14(3)20-18(11-16)25-19(21(20)22)10-15-7-5-6-8-17(15)23-4/h5-11H,1,12H2,2-4H3/b19-10-. The zero-order valence-electron chi connectivity index (χ0n) is 14.6. The molecule has 0 saturated carbocycles. The van der Waals surface area contributed by atoms with Gasteiger partial charge in [0.15, 0.2) is 5.76 Å². The van der Waals surface area contributed by atoms with Crippen LogP contribution in [0.15, 0.2) is 54.3 Å². The van der Waals surface area contributed by atoms with Crippen molar-refractivity contribution in [2.24, 2.45) is 0 Å². The lowest BCUT2D eigenvalue weighted by Crippen LogP contribution is -2.01. The second-order valence-electron chi connectivity index (χ2n) is 6.04. The Balaban J connectivity index is 1.94. The molecule has 0 radical (unpaired) electrons. The molecular formula is C21H20O4. The third-order valence-electron chi connectivity index (χ3n) is 3.85. The van der Waals surface area contributed by atoms with Crippen molar-refractivity contribution in [1.29, 1.82) is 0 Å². The topological polar surface area (TPSA) is 44.8 Å². The average molecular weight is 336 g/mol. The smallest absolute Gasteiger partial charge is 0.232 e. The molecule has 0 saturated heterocycles. The van der Waals surface area contributed by atoms with E-state index in [1.807, 2.05) is 44.2 Å². The van der Waals surface area contributed by atoms with E-state index < -0.39 is 0 Å². The highest BCUT2D eigenvalue weighted by atomic mass is 16.5. The largest absolute Gasteiger partial charge is 0.496 e. The Bertz CT molecular complexity index is 877. The normalized spacial score (nSPS) is 14.2. The number of methoxy groups -OCH3 is 1. The number of aryl methyl sites for hydroxylation is 1. The molecule has 0 N–H and O–H groups in total. The molecule has 4 heteroatoms. The van der Waals surface area contributed by atoms with Crippen molar-refractivity contribution in [3.05, 3.63) is 71.0 Å². The van der Waals surface area contributed by atoms with E-state index in [2.05, 4.69) is 6.58 Å². The molecule has 0 fully saturated rings. The second-order valence-corrected chi connectivity index (χ2v) is 6.04. The van der Waals surface area contributed by atoms with Crippen molar-refractivity contribution in [2.75, 3.05) is 13.7 Å². The minimum Gasteiger partial charge on any atom is -0.496 e. The van der Waals surface area contributed by atoms with E-state index in [9.17, 15) is 4.79 Å². The molecule has 0 atom stereocenters. The summed E-state index contributed by atoms with van der Waals surface area (Å²) in [5.41, 5.74) is 3.11. The van der Waals surface area contributed by atoms with Gasteiger partial charge in [-0.25, -0.2) is 0 Å². The number of Topliss-reactive ketones (excluding diaryl/α,β-unsaturated/α-hetero) is 1. The van der Waals surface area contributed by atoms with Crippen LogP contribution in [-0.2, 0) is 0 Å². The Kier molecular flexibility index (Phi) is 4.61. The van der Waals surface area contributed by atoms with Crippen LogP contribution in [0.4, 0.5) is 0 Å². The van der Waals surface area contributed by atoms with E-state index in [1.165, 1.54) is 0 Å². The molecule has 1 heterocycles. The van der Waals surface area contributed by atoms with Gasteiger partial charge in [0.2, 0.25) is 5.78 Å². The third kappa shape index (κ3) is 3.43. The van der Waals surface area contributed by atoms with Gasteiger partial charge in [-0.1, -0.05) is 24.8 Å². The van der Waals surface area contributed by atoms with E-state index in [4.69, 9.17) is 14.2 Å². The number of carbonyl (C=O) groups is 1. The summed E-state index contributed by atoms with van der Waals surface area (Å²) >= 11 is 0. The summed E-state index contributed by atoms with van der Waals surface area (Å²) in [6.45, 7) is 8.02. The Morgan fingerprint density at radius 2 is 2.04 bits per heavy atom. The Morgan fingerprint density at radius 1 is 1.28 bits per heavy atom. The fourth-order valence-electron chi connectivity index (χ4n) is 2.69. The van der Waals surface area contributed by atoms with Crippen molar-refractivity contribution in [2.45, 2.75) is 13.8 Å². The van der Waals surface area contributed by atoms with E-state index in [1.54, 1.807) is 19.3 Å². The summed E-state index contributed by atoms with van der Waals surface area (Å²) in [6.07, 6.45) is 1.70. The number of allylic oxidation sites excluding steroid dienone is 1. The molecule has 0 unspecified atom stereocenters. The molecule has 4 nitrogen and oxygen atoms in total. The average Bonchev–Trinajstić information content (AvgIpc) is 2.89. The predicted molar refractivity (Wildman–Crippen MR) is 97.4 cm³/mol. The van der Waals surface area contributed by atoms with Gasteiger partial charge >= 0.3 is 0 Å². The first-order chi connectivity index (χ1) is 12.0. The predicted octanol–water partition coefficient (Wildman–Crippen LogP) is 4.57. The van der Waals surface area contributed by atoms with E-state index in [0.717, 1.165) is 16.7 Å². The van der Waals surface area contributed by atoms with Gasteiger partial charge in [-0.15, -0.1) is 0 Å². The Hall–Kier alpha value is -3.01. The van der Waals surface area contributed by atoms with Crippen molar-refractivity contribution in [3.63, 3.8) is 0 Å². The zero-order chi connectivity index (χ0) is 18.0. The molecule has 2 aromatic carbocycles. The summed E-state index contributed by atoms with van der Waals surface area (Å²) in [4.78, 5) is 12.7. The molecule has 3 rings (SSSR count). The maximum Gasteiger partial charge on any atom is 0.232 e. The number of hydrogen-bond acceptors (Lipinski definition) is 4. The SMILES string of the molecule is C=C(C)COc1cc(C)c2c(c1)O/C(=C\c1ccccc1OC)C2=O. The summed E-state index contributed by atoms with van der Waals surface area (Å²) in [6, 6.07) is 11.1. The number of fused-ring (bicyclic) bond motifs is 1. The fourth-order valence-corrected chi connectivity index (χ4v) is 2.69. The number of hydrogen-bond donors (Lipinski definition) is 0. The van der Waals surface area contributed by atoms with Crippen LogP contribution in [-0.4, -0.2) is 19.5 Å². The molecule has 0 amide bonds. The van der Waals surface area contributed by atoms with E-state index >= 15 is 0 Å². The van der Waals surface area contributed by atoms with Gasteiger partial charge in [0.05, 0.1) is 12.7 Å². The highest BCUT2D eigenvalue weighted by Gasteiger charge is 2.30. The van der Waals surface area contributed by atoms with Gasteiger partial charge in [0.25, 0.3) is 0 Å². The van der Waals surface area contributed by atoms with Gasteiger partial charge in [0, 0.05) is 11.6 Å². The maximum absolute atomic E-state index is 12.7. The van der Waals surface area contributed by atoms with Crippen molar-refractivity contribution in [3.8, 4) is 17.2 Å². The monoisotopic (exact) mass is 336 g/mol. The molecule has 0 aliphatic carbocycles. The van der Waals surface area contributed by atoms with Gasteiger partial charge < -0.3 is 14.2 Å². The van der Waals surface area contributed by atoms with E-state index in [0.29, 0.717) is 29.4 Å². The minimum atomic E-state index is -0.134. The molecule has 25 heavy (non-hydrogen) atoms. The zero-order valence-corrected chi connectivity index (χ0v) is 14.6. The number of benzene rings is 2.